The smallest absolute Gasteiger partial charge is 0.201 e. The van der Waals surface area contributed by atoms with E-state index in [0.717, 1.165) is 24.9 Å². The molecule has 2 aromatic rings. The van der Waals surface area contributed by atoms with Crippen molar-refractivity contribution in [3.63, 3.8) is 0 Å². The van der Waals surface area contributed by atoms with Gasteiger partial charge in [0.25, 0.3) is 0 Å². The first-order valence-electron chi connectivity index (χ1n) is 6.18. The van der Waals surface area contributed by atoms with Crippen molar-refractivity contribution >= 4 is 28.6 Å². The van der Waals surface area contributed by atoms with Crippen molar-refractivity contribution in [3.05, 3.63) is 24.0 Å². The van der Waals surface area contributed by atoms with Crippen LogP contribution in [0.3, 0.4) is 0 Å². The molecule has 1 aromatic carbocycles. The SMILES string of the molecule is CCC(CCCl)CNc1nc2ccc(F)cc2[nH]1. The molecule has 2 N–H and O–H groups in total. The Labute approximate surface area is 111 Å². The van der Waals surface area contributed by atoms with Gasteiger partial charge >= 0.3 is 0 Å². The monoisotopic (exact) mass is 269 g/mol. The maximum atomic E-state index is 13.0. The van der Waals surface area contributed by atoms with Crippen molar-refractivity contribution in [1.29, 1.82) is 0 Å². The lowest BCUT2D eigenvalue weighted by Crippen LogP contribution is -2.14. The molecule has 0 bridgehead atoms. The van der Waals surface area contributed by atoms with Crippen LogP contribution in [0.25, 0.3) is 11.0 Å². The number of anilines is 1. The van der Waals surface area contributed by atoms with Gasteiger partial charge < -0.3 is 10.3 Å². The number of hydrogen-bond acceptors (Lipinski definition) is 2. The molecule has 0 aliphatic carbocycles. The van der Waals surface area contributed by atoms with Gasteiger partial charge in [0, 0.05) is 12.4 Å². The lowest BCUT2D eigenvalue weighted by atomic mass is 10.0. The number of fused-ring (bicyclic) bond motifs is 1. The number of aromatic nitrogens is 2. The molecule has 0 aliphatic rings. The molecule has 0 saturated heterocycles. The van der Waals surface area contributed by atoms with Crippen LogP contribution in [-0.4, -0.2) is 22.4 Å². The normalized spacial score (nSPS) is 12.8. The third-order valence-electron chi connectivity index (χ3n) is 3.10. The highest BCUT2D eigenvalue weighted by Gasteiger charge is 2.07. The molecule has 0 spiro atoms. The first-order chi connectivity index (χ1) is 8.72. The van der Waals surface area contributed by atoms with Gasteiger partial charge in [-0.2, -0.15) is 0 Å². The summed E-state index contributed by atoms with van der Waals surface area (Å²) in [6.07, 6.45) is 2.06. The second-order valence-corrected chi connectivity index (χ2v) is 4.76. The molecule has 0 fully saturated rings. The number of imidazole rings is 1. The number of benzene rings is 1. The zero-order valence-corrected chi connectivity index (χ0v) is 11.1. The van der Waals surface area contributed by atoms with E-state index in [-0.39, 0.29) is 5.82 Å². The minimum Gasteiger partial charge on any atom is -0.356 e. The predicted octanol–water partition coefficient (Wildman–Crippen LogP) is 3.77. The van der Waals surface area contributed by atoms with Crippen molar-refractivity contribution < 1.29 is 4.39 Å². The highest BCUT2D eigenvalue weighted by atomic mass is 35.5. The number of hydrogen-bond donors (Lipinski definition) is 2. The van der Waals surface area contributed by atoms with E-state index in [1.54, 1.807) is 6.07 Å². The Kier molecular flexibility index (Phi) is 4.42. The van der Waals surface area contributed by atoms with E-state index >= 15 is 0 Å². The number of halogens is 2. The molecule has 0 amide bonds. The Morgan fingerprint density at radius 2 is 2.33 bits per heavy atom. The van der Waals surface area contributed by atoms with Gasteiger partial charge in [0.05, 0.1) is 11.0 Å². The summed E-state index contributed by atoms with van der Waals surface area (Å²) in [5.41, 5.74) is 1.48. The molecule has 3 nitrogen and oxygen atoms in total. The summed E-state index contributed by atoms with van der Waals surface area (Å²) in [6.45, 7) is 2.97. The molecule has 1 heterocycles. The zero-order valence-electron chi connectivity index (χ0n) is 10.3. The summed E-state index contributed by atoms with van der Waals surface area (Å²) in [5, 5.41) is 3.24. The molecule has 0 aliphatic heterocycles. The molecule has 1 atom stereocenters. The molecule has 18 heavy (non-hydrogen) atoms. The first-order valence-corrected chi connectivity index (χ1v) is 6.71. The van der Waals surface area contributed by atoms with Crippen LogP contribution in [-0.2, 0) is 0 Å². The molecule has 0 saturated carbocycles. The van der Waals surface area contributed by atoms with Crippen LogP contribution in [0.1, 0.15) is 19.8 Å². The van der Waals surface area contributed by atoms with Gasteiger partial charge in [0.2, 0.25) is 5.95 Å². The summed E-state index contributed by atoms with van der Waals surface area (Å²) in [5.74, 6) is 1.63. The van der Waals surface area contributed by atoms with Crippen LogP contribution in [0.5, 0.6) is 0 Å². The van der Waals surface area contributed by atoms with Gasteiger partial charge in [-0.1, -0.05) is 13.3 Å². The average molecular weight is 270 g/mol. The molecule has 98 valence electrons. The highest BCUT2D eigenvalue weighted by molar-refractivity contribution is 6.17. The summed E-state index contributed by atoms with van der Waals surface area (Å²) in [7, 11) is 0. The van der Waals surface area contributed by atoms with Crippen molar-refractivity contribution in [1.82, 2.24) is 9.97 Å². The number of rotatable bonds is 6. The van der Waals surface area contributed by atoms with Crippen LogP contribution in [0.15, 0.2) is 18.2 Å². The van der Waals surface area contributed by atoms with E-state index in [2.05, 4.69) is 22.2 Å². The third kappa shape index (κ3) is 3.13. The number of nitrogens with one attached hydrogen (secondary N) is 2. The van der Waals surface area contributed by atoms with Crippen LogP contribution < -0.4 is 5.32 Å². The van der Waals surface area contributed by atoms with Crippen molar-refractivity contribution in [2.75, 3.05) is 17.7 Å². The van der Waals surface area contributed by atoms with E-state index in [0.29, 0.717) is 23.3 Å². The van der Waals surface area contributed by atoms with Crippen molar-refractivity contribution in [2.45, 2.75) is 19.8 Å². The fraction of sp³-hybridized carbons (Fsp3) is 0.462. The van der Waals surface area contributed by atoms with E-state index in [9.17, 15) is 4.39 Å². The summed E-state index contributed by atoms with van der Waals surface area (Å²) in [6, 6.07) is 4.53. The third-order valence-corrected chi connectivity index (χ3v) is 3.32. The number of nitrogens with zero attached hydrogens (tertiary/aromatic N) is 1. The molecule has 5 heteroatoms. The molecule has 1 aromatic heterocycles. The van der Waals surface area contributed by atoms with Gasteiger partial charge in [0.15, 0.2) is 0 Å². The van der Waals surface area contributed by atoms with Gasteiger partial charge in [0.1, 0.15) is 5.82 Å². The highest BCUT2D eigenvalue weighted by Crippen LogP contribution is 2.16. The number of H-pyrrole nitrogens is 1. The number of alkyl halides is 1. The van der Waals surface area contributed by atoms with Crippen molar-refractivity contribution in [3.8, 4) is 0 Å². The minimum absolute atomic E-state index is 0.258. The Hall–Kier alpha value is -1.29. The summed E-state index contributed by atoms with van der Waals surface area (Å²) in [4.78, 5) is 7.42. The summed E-state index contributed by atoms with van der Waals surface area (Å²) >= 11 is 5.75. The maximum Gasteiger partial charge on any atom is 0.201 e. The van der Waals surface area contributed by atoms with E-state index in [4.69, 9.17) is 11.6 Å². The molecule has 0 radical (unpaired) electrons. The lowest BCUT2D eigenvalue weighted by molar-refractivity contribution is 0.521. The minimum atomic E-state index is -0.258. The van der Waals surface area contributed by atoms with Crippen molar-refractivity contribution in [2.24, 2.45) is 5.92 Å². The van der Waals surface area contributed by atoms with Gasteiger partial charge in [-0.3, -0.25) is 0 Å². The van der Waals surface area contributed by atoms with E-state index in [1.165, 1.54) is 12.1 Å². The second kappa shape index (κ2) is 6.05. The Bertz CT molecular complexity index is 512. The Morgan fingerprint density at radius 1 is 1.50 bits per heavy atom. The maximum absolute atomic E-state index is 13.0. The molecule has 2 rings (SSSR count). The van der Waals surface area contributed by atoms with Gasteiger partial charge in [-0.05, 0) is 30.5 Å². The predicted molar refractivity (Wildman–Crippen MR) is 73.7 cm³/mol. The topological polar surface area (TPSA) is 40.7 Å². The van der Waals surface area contributed by atoms with Gasteiger partial charge in [-0.15, -0.1) is 11.6 Å². The summed E-state index contributed by atoms with van der Waals surface area (Å²) < 4.78 is 13.0. The van der Waals surface area contributed by atoms with E-state index < -0.39 is 0 Å². The largest absolute Gasteiger partial charge is 0.356 e. The lowest BCUT2D eigenvalue weighted by Gasteiger charge is -2.13. The molecular weight excluding hydrogens is 253 g/mol. The zero-order chi connectivity index (χ0) is 13.0. The molecule has 1 unspecified atom stereocenters. The second-order valence-electron chi connectivity index (χ2n) is 4.38. The fourth-order valence-corrected chi connectivity index (χ4v) is 2.22. The Balaban J connectivity index is 2.03. The van der Waals surface area contributed by atoms with Gasteiger partial charge in [-0.25, -0.2) is 9.37 Å². The van der Waals surface area contributed by atoms with E-state index in [1.807, 2.05) is 0 Å². The van der Waals surface area contributed by atoms with Crippen LogP contribution in [0.2, 0.25) is 0 Å². The van der Waals surface area contributed by atoms with Crippen LogP contribution in [0.4, 0.5) is 10.3 Å². The first kappa shape index (κ1) is 13.1. The average Bonchev–Trinajstić information content (AvgIpc) is 2.76. The number of aromatic amines is 1. The quantitative estimate of drug-likeness (QED) is 0.784. The fourth-order valence-electron chi connectivity index (χ4n) is 1.91. The van der Waals surface area contributed by atoms with Crippen LogP contribution >= 0.6 is 11.6 Å². The Morgan fingerprint density at radius 3 is 3.06 bits per heavy atom. The molecular formula is C13H17ClFN3. The van der Waals surface area contributed by atoms with Crippen LogP contribution in [0, 0.1) is 11.7 Å². The standard InChI is InChI=1S/C13H17ClFN3/c1-2-9(5-6-14)8-16-13-17-11-4-3-10(15)7-12(11)18-13/h3-4,7,9H,2,5-6,8H2,1H3,(H2,16,17,18).